The summed E-state index contributed by atoms with van der Waals surface area (Å²) in [6.45, 7) is 6.79. The molecule has 0 aliphatic heterocycles. The van der Waals surface area contributed by atoms with E-state index in [1.165, 1.54) is 12.1 Å². The Labute approximate surface area is 120 Å². The number of nitrogens with two attached hydrogens (primary N) is 1. The van der Waals surface area contributed by atoms with Gasteiger partial charge in [0.25, 0.3) is 0 Å². The molecule has 0 saturated heterocycles. The van der Waals surface area contributed by atoms with E-state index < -0.39 is 11.6 Å². The van der Waals surface area contributed by atoms with Crippen molar-refractivity contribution in [2.75, 3.05) is 0 Å². The molecule has 1 aromatic carbocycles. The first-order valence-corrected chi connectivity index (χ1v) is 7.42. The van der Waals surface area contributed by atoms with Gasteiger partial charge in [0.05, 0.1) is 0 Å². The minimum atomic E-state index is -0.534. The molecular formula is C17H25F2N. The summed E-state index contributed by atoms with van der Waals surface area (Å²) in [5.41, 5.74) is 6.93. The molecule has 1 aromatic rings. The Morgan fingerprint density at radius 1 is 1.20 bits per heavy atom. The molecule has 3 heteroatoms. The van der Waals surface area contributed by atoms with Crippen molar-refractivity contribution < 1.29 is 8.78 Å². The SMILES string of the molecule is CC(C)(C)C1CCC(N)(Cc2ccc(F)cc2F)CC1. The Hall–Kier alpha value is -0.960. The number of hydrogen-bond acceptors (Lipinski definition) is 1. The van der Waals surface area contributed by atoms with Gasteiger partial charge in [0.2, 0.25) is 0 Å². The van der Waals surface area contributed by atoms with Gasteiger partial charge >= 0.3 is 0 Å². The molecule has 0 unspecified atom stereocenters. The normalized spacial score (nSPS) is 27.6. The van der Waals surface area contributed by atoms with Crippen LogP contribution in [0, 0.1) is 23.0 Å². The van der Waals surface area contributed by atoms with Gasteiger partial charge in [0, 0.05) is 11.6 Å². The summed E-state index contributed by atoms with van der Waals surface area (Å²) in [6, 6.07) is 3.77. The Morgan fingerprint density at radius 3 is 2.30 bits per heavy atom. The average Bonchev–Trinajstić information content (AvgIpc) is 2.32. The highest BCUT2D eigenvalue weighted by Gasteiger charge is 2.36. The molecule has 0 spiro atoms. The van der Waals surface area contributed by atoms with Crippen molar-refractivity contribution in [3.05, 3.63) is 35.4 Å². The molecule has 0 amide bonds. The van der Waals surface area contributed by atoms with Gasteiger partial charge in [-0.1, -0.05) is 26.8 Å². The van der Waals surface area contributed by atoms with Crippen molar-refractivity contribution in [1.29, 1.82) is 0 Å². The zero-order chi connectivity index (χ0) is 15.0. The first-order chi connectivity index (χ1) is 9.20. The molecule has 1 fully saturated rings. The molecule has 20 heavy (non-hydrogen) atoms. The monoisotopic (exact) mass is 281 g/mol. The Bertz CT molecular complexity index is 468. The lowest BCUT2D eigenvalue weighted by molar-refractivity contribution is 0.133. The van der Waals surface area contributed by atoms with E-state index in [0.717, 1.165) is 31.7 Å². The van der Waals surface area contributed by atoms with Crippen molar-refractivity contribution in [3.8, 4) is 0 Å². The fourth-order valence-corrected chi connectivity index (χ4v) is 3.28. The second kappa shape index (κ2) is 5.44. The predicted octanol–water partition coefficient (Wildman–Crippen LogP) is 4.44. The molecule has 112 valence electrons. The number of hydrogen-bond donors (Lipinski definition) is 1. The molecule has 1 aliphatic rings. The van der Waals surface area contributed by atoms with Gasteiger partial charge in [-0.25, -0.2) is 8.78 Å². The summed E-state index contributed by atoms with van der Waals surface area (Å²) in [4.78, 5) is 0. The van der Waals surface area contributed by atoms with Crippen LogP contribution in [0.5, 0.6) is 0 Å². The largest absolute Gasteiger partial charge is 0.325 e. The lowest BCUT2D eigenvalue weighted by Gasteiger charge is -2.42. The molecule has 1 saturated carbocycles. The maximum atomic E-state index is 13.7. The number of rotatable bonds is 2. The first-order valence-electron chi connectivity index (χ1n) is 7.42. The topological polar surface area (TPSA) is 26.0 Å². The smallest absolute Gasteiger partial charge is 0.129 e. The average molecular weight is 281 g/mol. The predicted molar refractivity (Wildman–Crippen MR) is 78.4 cm³/mol. The van der Waals surface area contributed by atoms with Crippen molar-refractivity contribution in [2.24, 2.45) is 17.1 Å². The van der Waals surface area contributed by atoms with Crippen LogP contribution in [0.2, 0.25) is 0 Å². The summed E-state index contributed by atoms with van der Waals surface area (Å²) < 4.78 is 26.7. The van der Waals surface area contributed by atoms with E-state index in [1.807, 2.05) is 0 Å². The Kier molecular flexibility index (Phi) is 4.19. The summed E-state index contributed by atoms with van der Waals surface area (Å²) >= 11 is 0. The van der Waals surface area contributed by atoms with Gasteiger partial charge in [-0.3, -0.25) is 0 Å². The van der Waals surface area contributed by atoms with Crippen molar-refractivity contribution in [3.63, 3.8) is 0 Å². The van der Waals surface area contributed by atoms with E-state index in [1.54, 1.807) is 0 Å². The summed E-state index contributed by atoms with van der Waals surface area (Å²) in [7, 11) is 0. The third-order valence-electron chi connectivity index (χ3n) is 4.76. The van der Waals surface area contributed by atoms with Crippen LogP contribution < -0.4 is 5.73 Å². The van der Waals surface area contributed by atoms with Crippen LogP contribution >= 0.6 is 0 Å². The highest BCUT2D eigenvalue weighted by Crippen LogP contribution is 2.41. The fourth-order valence-electron chi connectivity index (χ4n) is 3.28. The van der Waals surface area contributed by atoms with Crippen molar-refractivity contribution >= 4 is 0 Å². The molecule has 0 aromatic heterocycles. The van der Waals surface area contributed by atoms with Crippen molar-refractivity contribution in [2.45, 2.75) is 58.4 Å². The fraction of sp³-hybridized carbons (Fsp3) is 0.647. The second-order valence-corrected chi connectivity index (χ2v) is 7.42. The lowest BCUT2D eigenvalue weighted by Crippen LogP contribution is -2.46. The zero-order valence-electron chi connectivity index (χ0n) is 12.7. The van der Waals surface area contributed by atoms with E-state index in [9.17, 15) is 8.78 Å². The summed E-state index contributed by atoms with van der Waals surface area (Å²) in [6.07, 6.45) is 4.49. The minimum absolute atomic E-state index is 0.308. The summed E-state index contributed by atoms with van der Waals surface area (Å²) in [5.74, 6) is -0.334. The molecule has 0 radical (unpaired) electrons. The number of benzene rings is 1. The Morgan fingerprint density at radius 2 is 1.80 bits per heavy atom. The van der Waals surface area contributed by atoms with E-state index in [-0.39, 0.29) is 5.54 Å². The van der Waals surface area contributed by atoms with Gasteiger partial charge < -0.3 is 5.73 Å². The van der Waals surface area contributed by atoms with E-state index in [2.05, 4.69) is 20.8 Å². The second-order valence-electron chi connectivity index (χ2n) is 7.42. The van der Waals surface area contributed by atoms with Crippen LogP contribution in [0.3, 0.4) is 0 Å². The molecule has 0 atom stereocenters. The van der Waals surface area contributed by atoms with Gasteiger partial charge in [-0.15, -0.1) is 0 Å². The molecule has 1 aliphatic carbocycles. The highest BCUT2D eigenvalue weighted by molar-refractivity contribution is 5.21. The molecule has 0 bridgehead atoms. The lowest BCUT2D eigenvalue weighted by atomic mass is 9.66. The van der Waals surface area contributed by atoms with Crippen molar-refractivity contribution in [1.82, 2.24) is 0 Å². The molecular weight excluding hydrogens is 256 g/mol. The molecule has 1 nitrogen and oxygen atoms in total. The molecule has 0 heterocycles. The maximum absolute atomic E-state index is 13.7. The van der Waals surface area contributed by atoms with Crippen LogP contribution in [-0.2, 0) is 6.42 Å². The quantitative estimate of drug-likeness (QED) is 0.852. The zero-order valence-corrected chi connectivity index (χ0v) is 12.7. The van der Waals surface area contributed by atoms with Gasteiger partial charge in [0.1, 0.15) is 11.6 Å². The maximum Gasteiger partial charge on any atom is 0.129 e. The van der Waals surface area contributed by atoms with E-state index in [0.29, 0.717) is 23.3 Å². The van der Waals surface area contributed by atoms with E-state index in [4.69, 9.17) is 5.73 Å². The standard InChI is InChI=1S/C17H25F2N/c1-16(2,3)13-6-8-17(20,9-7-13)11-12-4-5-14(18)10-15(12)19/h4-5,10,13H,6-9,11,20H2,1-3H3. The van der Waals surface area contributed by atoms with Crippen LogP contribution in [0.1, 0.15) is 52.0 Å². The van der Waals surface area contributed by atoms with Crippen LogP contribution in [0.25, 0.3) is 0 Å². The Balaban J connectivity index is 2.03. The van der Waals surface area contributed by atoms with Gasteiger partial charge in [0.15, 0.2) is 0 Å². The third kappa shape index (κ3) is 3.57. The highest BCUT2D eigenvalue weighted by atomic mass is 19.1. The molecule has 2 rings (SSSR count). The first kappa shape index (κ1) is 15.4. The van der Waals surface area contributed by atoms with E-state index >= 15 is 0 Å². The van der Waals surface area contributed by atoms with Crippen LogP contribution in [-0.4, -0.2) is 5.54 Å². The third-order valence-corrected chi connectivity index (χ3v) is 4.76. The minimum Gasteiger partial charge on any atom is -0.325 e. The number of halogens is 2. The van der Waals surface area contributed by atoms with Gasteiger partial charge in [-0.2, -0.15) is 0 Å². The summed E-state index contributed by atoms with van der Waals surface area (Å²) in [5, 5.41) is 0. The molecule has 2 N–H and O–H groups in total. The van der Waals surface area contributed by atoms with Crippen LogP contribution in [0.15, 0.2) is 18.2 Å². The van der Waals surface area contributed by atoms with Gasteiger partial charge in [-0.05, 0) is 55.1 Å². The van der Waals surface area contributed by atoms with Crippen LogP contribution in [0.4, 0.5) is 8.78 Å².